The Kier molecular flexibility index (Phi) is 6.45. The number of ether oxygens (including phenoxy) is 1. The van der Waals surface area contributed by atoms with E-state index in [2.05, 4.69) is 15.6 Å². The molecule has 0 radical (unpaired) electrons. The maximum Gasteiger partial charge on any atom is 0.240 e. The van der Waals surface area contributed by atoms with Gasteiger partial charge in [-0.3, -0.25) is 4.79 Å². The number of benzene rings is 2. The molecule has 0 saturated heterocycles. The van der Waals surface area contributed by atoms with Crippen molar-refractivity contribution in [2.24, 2.45) is 0 Å². The van der Waals surface area contributed by atoms with Crippen LogP contribution in [0.2, 0.25) is 5.02 Å². The SMILES string of the molecule is COc1ccc(-c2csc(NC(=O)CN[C@H](C)c3ccc(Cl)cc3)n2)cc1. The summed E-state index contributed by atoms with van der Waals surface area (Å²) < 4.78 is 5.16. The highest BCUT2D eigenvalue weighted by Gasteiger charge is 2.11. The summed E-state index contributed by atoms with van der Waals surface area (Å²) in [6, 6.07) is 15.3. The summed E-state index contributed by atoms with van der Waals surface area (Å²) in [5.74, 6) is 0.662. The normalized spacial score (nSPS) is 11.8. The third kappa shape index (κ3) is 5.29. The number of amides is 1. The summed E-state index contributed by atoms with van der Waals surface area (Å²) in [5.41, 5.74) is 2.87. The highest BCUT2D eigenvalue weighted by molar-refractivity contribution is 7.14. The van der Waals surface area contributed by atoms with E-state index < -0.39 is 0 Å². The van der Waals surface area contributed by atoms with Crippen molar-refractivity contribution in [3.8, 4) is 17.0 Å². The van der Waals surface area contributed by atoms with Crippen LogP contribution in [0.25, 0.3) is 11.3 Å². The van der Waals surface area contributed by atoms with Crippen LogP contribution >= 0.6 is 22.9 Å². The van der Waals surface area contributed by atoms with E-state index in [1.807, 2.05) is 60.8 Å². The highest BCUT2D eigenvalue weighted by atomic mass is 35.5. The number of thiazole rings is 1. The first-order chi connectivity index (χ1) is 13.0. The van der Waals surface area contributed by atoms with E-state index in [0.29, 0.717) is 10.2 Å². The summed E-state index contributed by atoms with van der Waals surface area (Å²) in [4.78, 5) is 16.7. The zero-order valence-corrected chi connectivity index (χ0v) is 16.6. The van der Waals surface area contributed by atoms with Gasteiger partial charge in [0.1, 0.15) is 5.75 Å². The Morgan fingerprint density at radius 2 is 1.89 bits per heavy atom. The lowest BCUT2D eigenvalue weighted by Crippen LogP contribution is -2.30. The summed E-state index contributed by atoms with van der Waals surface area (Å²) in [6.45, 7) is 2.20. The van der Waals surface area contributed by atoms with Gasteiger partial charge in [0.2, 0.25) is 5.91 Å². The predicted octanol–water partition coefficient (Wildman–Crippen LogP) is 4.76. The molecule has 0 aliphatic carbocycles. The number of nitrogens with zero attached hydrogens (tertiary/aromatic N) is 1. The lowest BCUT2D eigenvalue weighted by atomic mass is 10.1. The average molecular weight is 402 g/mol. The molecule has 1 atom stereocenters. The first-order valence-corrected chi connectivity index (χ1v) is 9.69. The van der Waals surface area contributed by atoms with Crippen LogP contribution in [0, 0.1) is 0 Å². The molecule has 0 aliphatic heterocycles. The molecule has 2 aromatic carbocycles. The van der Waals surface area contributed by atoms with Crippen molar-refractivity contribution in [2.45, 2.75) is 13.0 Å². The van der Waals surface area contributed by atoms with Gasteiger partial charge >= 0.3 is 0 Å². The van der Waals surface area contributed by atoms with E-state index in [9.17, 15) is 4.79 Å². The summed E-state index contributed by atoms with van der Waals surface area (Å²) in [5, 5.41) is 9.22. The van der Waals surface area contributed by atoms with Crippen LogP contribution in [-0.2, 0) is 4.79 Å². The van der Waals surface area contributed by atoms with Gasteiger partial charge in [-0.2, -0.15) is 0 Å². The number of nitrogens with one attached hydrogen (secondary N) is 2. The molecule has 0 saturated carbocycles. The average Bonchev–Trinajstić information content (AvgIpc) is 3.15. The standard InChI is InChI=1S/C20H20ClN3O2S/c1-13(14-3-7-16(21)8-4-14)22-11-19(25)24-20-23-18(12-27-20)15-5-9-17(26-2)10-6-15/h3-10,12-13,22H,11H2,1-2H3,(H,23,24,25)/t13-/m1/s1. The molecule has 0 unspecified atom stereocenters. The molecule has 0 aliphatic rings. The Labute approximate surface area is 167 Å². The topological polar surface area (TPSA) is 63.2 Å². The van der Waals surface area contributed by atoms with Crippen LogP contribution in [-0.4, -0.2) is 24.5 Å². The Morgan fingerprint density at radius 3 is 2.56 bits per heavy atom. The van der Waals surface area contributed by atoms with Crippen molar-refractivity contribution in [2.75, 3.05) is 19.0 Å². The molecule has 7 heteroatoms. The van der Waals surface area contributed by atoms with Crippen LogP contribution in [0.1, 0.15) is 18.5 Å². The van der Waals surface area contributed by atoms with Crippen molar-refractivity contribution in [1.29, 1.82) is 0 Å². The molecule has 0 bridgehead atoms. The number of aromatic nitrogens is 1. The van der Waals surface area contributed by atoms with E-state index in [-0.39, 0.29) is 18.5 Å². The summed E-state index contributed by atoms with van der Waals surface area (Å²) in [6.07, 6.45) is 0. The molecule has 140 valence electrons. The number of halogens is 1. The minimum absolute atomic E-state index is 0.0409. The number of rotatable bonds is 7. The quantitative estimate of drug-likeness (QED) is 0.599. The zero-order chi connectivity index (χ0) is 19.2. The van der Waals surface area contributed by atoms with Crippen molar-refractivity contribution in [1.82, 2.24) is 10.3 Å². The second-order valence-electron chi connectivity index (χ2n) is 5.97. The van der Waals surface area contributed by atoms with Gasteiger partial charge in [0.05, 0.1) is 19.3 Å². The molecule has 0 fully saturated rings. The molecule has 0 spiro atoms. The Bertz CT molecular complexity index is 894. The fourth-order valence-electron chi connectivity index (χ4n) is 2.50. The lowest BCUT2D eigenvalue weighted by Gasteiger charge is -2.13. The maximum absolute atomic E-state index is 12.2. The smallest absolute Gasteiger partial charge is 0.240 e. The zero-order valence-electron chi connectivity index (χ0n) is 15.0. The molecule has 1 aromatic heterocycles. The summed E-state index contributed by atoms with van der Waals surface area (Å²) >= 11 is 7.30. The van der Waals surface area contributed by atoms with Gasteiger partial charge in [-0.25, -0.2) is 4.98 Å². The number of hydrogen-bond acceptors (Lipinski definition) is 5. The van der Waals surface area contributed by atoms with Gasteiger partial charge in [-0.15, -0.1) is 11.3 Å². The lowest BCUT2D eigenvalue weighted by molar-refractivity contribution is -0.115. The fraction of sp³-hybridized carbons (Fsp3) is 0.200. The van der Waals surface area contributed by atoms with Gasteiger partial charge in [-0.05, 0) is 48.9 Å². The van der Waals surface area contributed by atoms with Gasteiger partial charge < -0.3 is 15.4 Å². The Hall–Kier alpha value is -2.41. The van der Waals surface area contributed by atoms with Crippen molar-refractivity contribution in [3.05, 3.63) is 64.5 Å². The monoisotopic (exact) mass is 401 g/mol. The van der Waals surface area contributed by atoms with Gasteiger partial charge in [0.15, 0.2) is 5.13 Å². The molecule has 27 heavy (non-hydrogen) atoms. The number of anilines is 1. The number of carbonyl (C=O) groups is 1. The second kappa shape index (κ2) is 8.99. The minimum atomic E-state index is -0.133. The molecular weight excluding hydrogens is 382 g/mol. The van der Waals surface area contributed by atoms with Crippen molar-refractivity contribution in [3.63, 3.8) is 0 Å². The molecule has 1 heterocycles. The highest BCUT2D eigenvalue weighted by Crippen LogP contribution is 2.26. The molecule has 3 rings (SSSR count). The number of hydrogen-bond donors (Lipinski definition) is 2. The fourth-order valence-corrected chi connectivity index (χ4v) is 3.37. The third-order valence-electron chi connectivity index (χ3n) is 4.08. The first kappa shape index (κ1) is 19.4. The van der Waals surface area contributed by atoms with Gasteiger partial charge in [0, 0.05) is 22.0 Å². The molecule has 3 aromatic rings. The number of carbonyl (C=O) groups excluding carboxylic acids is 1. The van der Waals surface area contributed by atoms with E-state index >= 15 is 0 Å². The van der Waals surface area contributed by atoms with Crippen molar-refractivity contribution < 1.29 is 9.53 Å². The summed E-state index contributed by atoms with van der Waals surface area (Å²) in [7, 11) is 1.63. The third-order valence-corrected chi connectivity index (χ3v) is 5.08. The van der Waals surface area contributed by atoms with E-state index in [4.69, 9.17) is 16.3 Å². The molecule has 1 amide bonds. The largest absolute Gasteiger partial charge is 0.497 e. The van der Waals surface area contributed by atoms with E-state index in [1.54, 1.807) is 7.11 Å². The van der Waals surface area contributed by atoms with Crippen molar-refractivity contribution >= 4 is 34.0 Å². The molecular formula is C20H20ClN3O2S. The van der Waals surface area contributed by atoms with Crippen LogP contribution < -0.4 is 15.4 Å². The number of methoxy groups -OCH3 is 1. The molecule has 5 nitrogen and oxygen atoms in total. The van der Waals surface area contributed by atoms with Crippen LogP contribution in [0.3, 0.4) is 0 Å². The second-order valence-corrected chi connectivity index (χ2v) is 7.26. The Morgan fingerprint density at radius 1 is 1.19 bits per heavy atom. The van der Waals surface area contributed by atoms with E-state index in [1.165, 1.54) is 11.3 Å². The molecule has 2 N–H and O–H groups in total. The minimum Gasteiger partial charge on any atom is -0.497 e. The maximum atomic E-state index is 12.2. The Balaban J connectivity index is 1.53. The van der Waals surface area contributed by atoms with Crippen LogP contribution in [0.5, 0.6) is 5.75 Å². The van der Waals surface area contributed by atoms with Gasteiger partial charge in [-0.1, -0.05) is 23.7 Å². The van der Waals surface area contributed by atoms with E-state index in [0.717, 1.165) is 22.6 Å². The van der Waals surface area contributed by atoms with Gasteiger partial charge in [0.25, 0.3) is 0 Å². The predicted molar refractivity (Wildman–Crippen MR) is 111 cm³/mol. The first-order valence-electron chi connectivity index (χ1n) is 8.44. The van der Waals surface area contributed by atoms with Crippen LogP contribution in [0.4, 0.5) is 5.13 Å². The van der Waals surface area contributed by atoms with Crippen LogP contribution in [0.15, 0.2) is 53.9 Å².